The highest BCUT2D eigenvalue weighted by Crippen LogP contribution is 2.38. The molecule has 1 unspecified atom stereocenters. The summed E-state index contributed by atoms with van der Waals surface area (Å²) in [6.07, 6.45) is 3.16. The molecule has 1 atom stereocenters. The van der Waals surface area contributed by atoms with Gasteiger partial charge in [0.25, 0.3) is 0 Å². The number of thioether (sulfide) groups is 2. The Morgan fingerprint density at radius 3 is 2.47 bits per heavy atom. The van der Waals surface area contributed by atoms with Crippen LogP contribution in [0.1, 0.15) is 40.0 Å². The molecule has 3 heteroatoms. The summed E-state index contributed by atoms with van der Waals surface area (Å²) in [5, 5.41) is 9.74. The normalized spacial score (nSPS) is 19.4. The molecule has 0 radical (unpaired) electrons. The summed E-state index contributed by atoms with van der Waals surface area (Å²) in [7, 11) is 0. The lowest BCUT2D eigenvalue weighted by atomic mass is 10.0. The van der Waals surface area contributed by atoms with Gasteiger partial charge in [0.1, 0.15) is 0 Å². The third-order valence-electron chi connectivity index (χ3n) is 2.69. The van der Waals surface area contributed by atoms with Gasteiger partial charge in [-0.15, -0.1) is 23.5 Å². The van der Waals surface area contributed by atoms with Crippen molar-refractivity contribution < 1.29 is 5.11 Å². The molecular weight excluding hydrogens is 224 g/mol. The zero-order valence-electron chi connectivity index (χ0n) is 9.95. The van der Waals surface area contributed by atoms with E-state index in [9.17, 15) is 5.11 Å². The van der Waals surface area contributed by atoms with Crippen molar-refractivity contribution in [2.45, 2.75) is 46.1 Å². The number of allylic oxidation sites excluding steroid dienone is 1. The molecule has 1 fully saturated rings. The summed E-state index contributed by atoms with van der Waals surface area (Å²) in [6.45, 7) is 6.38. The maximum Gasteiger partial charge on any atom is 0.0566 e. The van der Waals surface area contributed by atoms with Crippen LogP contribution in [-0.4, -0.2) is 22.7 Å². The van der Waals surface area contributed by atoms with Gasteiger partial charge in [-0.25, -0.2) is 0 Å². The second-order valence-corrected chi connectivity index (χ2v) is 6.94. The fourth-order valence-corrected chi connectivity index (χ4v) is 4.14. The van der Waals surface area contributed by atoms with Crippen molar-refractivity contribution in [3.63, 3.8) is 0 Å². The van der Waals surface area contributed by atoms with Gasteiger partial charge in [0.05, 0.1) is 6.10 Å². The molecule has 1 N–H and O–H groups in total. The van der Waals surface area contributed by atoms with Crippen molar-refractivity contribution in [3.8, 4) is 0 Å². The van der Waals surface area contributed by atoms with Crippen molar-refractivity contribution in [2.24, 2.45) is 5.92 Å². The van der Waals surface area contributed by atoms with Crippen LogP contribution in [-0.2, 0) is 0 Å². The minimum Gasteiger partial charge on any atom is -0.393 e. The Balaban J connectivity index is 2.36. The largest absolute Gasteiger partial charge is 0.393 e. The lowest BCUT2D eigenvalue weighted by Crippen LogP contribution is -2.14. The highest BCUT2D eigenvalue weighted by molar-refractivity contribution is 8.22. The Labute approximate surface area is 102 Å². The standard InChI is InChI=1S/C12H22OS2/c1-9(2)11(13)6-5-10(3)12-14-7-4-8-15-12/h9,11,13H,4-8H2,1-3H3. The van der Waals surface area contributed by atoms with E-state index in [0.717, 1.165) is 12.8 Å². The number of rotatable bonds is 4. The van der Waals surface area contributed by atoms with Gasteiger partial charge >= 0.3 is 0 Å². The predicted octanol–water partition coefficient (Wildman–Crippen LogP) is 3.89. The second kappa shape index (κ2) is 6.87. The Bertz CT molecular complexity index is 216. The first-order chi connectivity index (χ1) is 7.11. The Kier molecular flexibility index (Phi) is 6.17. The highest BCUT2D eigenvalue weighted by Gasteiger charge is 2.13. The van der Waals surface area contributed by atoms with Crippen molar-refractivity contribution in [1.29, 1.82) is 0 Å². The third kappa shape index (κ3) is 4.83. The van der Waals surface area contributed by atoms with E-state index in [0.29, 0.717) is 5.92 Å². The molecule has 0 saturated carbocycles. The first kappa shape index (κ1) is 13.5. The van der Waals surface area contributed by atoms with Gasteiger partial charge in [-0.05, 0) is 43.6 Å². The van der Waals surface area contributed by atoms with Crippen molar-refractivity contribution in [2.75, 3.05) is 11.5 Å². The number of aliphatic hydroxyl groups is 1. The topological polar surface area (TPSA) is 20.2 Å². The van der Waals surface area contributed by atoms with E-state index in [4.69, 9.17) is 0 Å². The monoisotopic (exact) mass is 246 g/mol. The minimum atomic E-state index is -0.140. The van der Waals surface area contributed by atoms with Crippen LogP contribution < -0.4 is 0 Å². The lowest BCUT2D eigenvalue weighted by Gasteiger charge is -2.18. The maximum absolute atomic E-state index is 9.74. The Morgan fingerprint density at radius 2 is 1.93 bits per heavy atom. The molecule has 1 aliphatic heterocycles. The molecule has 0 amide bonds. The molecule has 1 nitrogen and oxygen atoms in total. The van der Waals surface area contributed by atoms with Crippen LogP contribution in [0.4, 0.5) is 0 Å². The molecule has 0 aromatic rings. The Hall–Kier alpha value is 0.400. The fraction of sp³-hybridized carbons (Fsp3) is 0.833. The summed E-state index contributed by atoms with van der Waals surface area (Å²) in [4.78, 5) is 0. The van der Waals surface area contributed by atoms with Gasteiger partial charge in [0, 0.05) is 4.24 Å². The summed E-state index contributed by atoms with van der Waals surface area (Å²) < 4.78 is 1.51. The first-order valence-electron chi connectivity index (χ1n) is 5.74. The van der Waals surface area contributed by atoms with Crippen molar-refractivity contribution in [1.82, 2.24) is 0 Å². The van der Waals surface area contributed by atoms with Gasteiger partial charge < -0.3 is 5.11 Å². The minimum absolute atomic E-state index is 0.140. The lowest BCUT2D eigenvalue weighted by molar-refractivity contribution is 0.116. The molecule has 0 aromatic heterocycles. The summed E-state index contributed by atoms with van der Waals surface area (Å²) in [6, 6.07) is 0. The van der Waals surface area contributed by atoms with Crippen LogP contribution in [0.2, 0.25) is 0 Å². The number of hydrogen-bond acceptors (Lipinski definition) is 3. The average Bonchev–Trinajstić information content (AvgIpc) is 2.26. The summed E-state index contributed by atoms with van der Waals surface area (Å²) in [5.41, 5.74) is 1.48. The smallest absolute Gasteiger partial charge is 0.0566 e. The summed E-state index contributed by atoms with van der Waals surface area (Å²) in [5.74, 6) is 2.92. The number of aliphatic hydroxyl groups excluding tert-OH is 1. The van der Waals surface area contributed by atoms with Crippen LogP contribution in [0, 0.1) is 5.92 Å². The van der Waals surface area contributed by atoms with Crippen molar-refractivity contribution >= 4 is 23.5 Å². The third-order valence-corrected chi connectivity index (χ3v) is 5.60. The van der Waals surface area contributed by atoms with Crippen LogP contribution in [0.15, 0.2) is 9.81 Å². The quantitative estimate of drug-likeness (QED) is 0.813. The van der Waals surface area contributed by atoms with Crippen LogP contribution in [0.3, 0.4) is 0 Å². The van der Waals surface area contributed by atoms with Gasteiger partial charge in [-0.3, -0.25) is 0 Å². The van der Waals surface area contributed by atoms with E-state index in [1.807, 2.05) is 23.5 Å². The van der Waals surface area contributed by atoms with Gasteiger partial charge in [-0.1, -0.05) is 19.4 Å². The van der Waals surface area contributed by atoms with E-state index in [-0.39, 0.29) is 6.10 Å². The zero-order chi connectivity index (χ0) is 11.3. The molecule has 1 rings (SSSR count). The molecule has 1 heterocycles. The molecule has 1 aliphatic rings. The molecule has 1 saturated heterocycles. The average molecular weight is 246 g/mol. The van der Waals surface area contributed by atoms with E-state index in [1.54, 1.807) is 0 Å². The molecule has 88 valence electrons. The van der Waals surface area contributed by atoms with Gasteiger partial charge in [0.15, 0.2) is 0 Å². The molecule has 0 aliphatic carbocycles. The summed E-state index contributed by atoms with van der Waals surface area (Å²) >= 11 is 3.98. The molecular formula is C12H22OS2. The highest BCUT2D eigenvalue weighted by atomic mass is 32.2. The van der Waals surface area contributed by atoms with Crippen LogP contribution in [0.5, 0.6) is 0 Å². The number of hydrogen-bond donors (Lipinski definition) is 1. The SMILES string of the molecule is CC(CCC(O)C(C)C)=C1SCCCS1. The maximum atomic E-state index is 9.74. The molecule has 0 aromatic carbocycles. The van der Waals surface area contributed by atoms with Crippen LogP contribution >= 0.6 is 23.5 Å². The molecule has 0 spiro atoms. The Morgan fingerprint density at radius 1 is 1.33 bits per heavy atom. The zero-order valence-corrected chi connectivity index (χ0v) is 11.6. The van der Waals surface area contributed by atoms with E-state index in [1.165, 1.54) is 27.7 Å². The van der Waals surface area contributed by atoms with E-state index < -0.39 is 0 Å². The molecule has 0 bridgehead atoms. The van der Waals surface area contributed by atoms with Crippen molar-refractivity contribution in [3.05, 3.63) is 9.81 Å². The fourth-order valence-electron chi connectivity index (χ4n) is 1.48. The molecule has 15 heavy (non-hydrogen) atoms. The predicted molar refractivity (Wildman–Crippen MR) is 72.3 cm³/mol. The second-order valence-electron chi connectivity index (χ2n) is 4.47. The van der Waals surface area contributed by atoms with Gasteiger partial charge in [0.2, 0.25) is 0 Å². The van der Waals surface area contributed by atoms with Crippen LogP contribution in [0.25, 0.3) is 0 Å². The first-order valence-corrected chi connectivity index (χ1v) is 7.71. The van der Waals surface area contributed by atoms with E-state index >= 15 is 0 Å². The van der Waals surface area contributed by atoms with Gasteiger partial charge in [-0.2, -0.15) is 0 Å². The van der Waals surface area contributed by atoms with E-state index in [2.05, 4.69) is 20.8 Å².